The molecule has 1 aromatic rings. The maximum absolute atomic E-state index is 11.3. The van der Waals surface area contributed by atoms with Gasteiger partial charge in [-0.15, -0.1) is 0 Å². The van der Waals surface area contributed by atoms with Crippen molar-refractivity contribution in [1.82, 2.24) is 5.32 Å². The van der Waals surface area contributed by atoms with E-state index in [1.165, 1.54) is 7.11 Å². The molecular weight excluding hydrogens is 266 g/mol. The van der Waals surface area contributed by atoms with Gasteiger partial charge in [0.05, 0.1) is 13.2 Å². The van der Waals surface area contributed by atoms with Crippen LogP contribution in [0.25, 0.3) is 0 Å². The van der Waals surface area contributed by atoms with Crippen molar-refractivity contribution < 1.29 is 14.6 Å². The normalized spacial score (nSPS) is 13.8. The number of hydrogen-bond donors (Lipinski definition) is 2. The highest BCUT2D eigenvalue weighted by Crippen LogP contribution is 2.24. The fourth-order valence-electron chi connectivity index (χ4n) is 2.37. The predicted octanol–water partition coefficient (Wildman–Crippen LogP) is 2.66. The standard InChI is InChI=1S/C17H27NO3/c1-5-10-18-15(8-9-16(19)21-4)17(20)14-11-12(2)6-7-13(14)3/h6-7,11,15,17-18,20H,5,8-10H2,1-4H3. The molecule has 2 atom stereocenters. The lowest BCUT2D eigenvalue weighted by molar-refractivity contribution is -0.141. The van der Waals surface area contributed by atoms with Crippen molar-refractivity contribution in [3.63, 3.8) is 0 Å². The molecule has 118 valence electrons. The molecule has 0 saturated carbocycles. The molecular formula is C17H27NO3. The minimum Gasteiger partial charge on any atom is -0.469 e. The molecule has 21 heavy (non-hydrogen) atoms. The SMILES string of the molecule is CCCNC(CCC(=O)OC)C(O)c1cc(C)ccc1C. The first-order valence-electron chi connectivity index (χ1n) is 7.55. The van der Waals surface area contributed by atoms with Gasteiger partial charge in [0.15, 0.2) is 0 Å². The van der Waals surface area contributed by atoms with Gasteiger partial charge in [-0.25, -0.2) is 0 Å². The van der Waals surface area contributed by atoms with Crippen molar-refractivity contribution in [2.45, 2.75) is 52.2 Å². The second-order valence-electron chi connectivity index (χ2n) is 5.48. The lowest BCUT2D eigenvalue weighted by atomic mass is 9.93. The van der Waals surface area contributed by atoms with Crippen molar-refractivity contribution in [3.05, 3.63) is 34.9 Å². The molecule has 0 spiro atoms. The third kappa shape index (κ3) is 5.48. The largest absolute Gasteiger partial charge is 0.469 e. The number of aryl methyl sites for hydroxylation is 2. The van der Waals surface area contributed by atoms with E-state index in [0.717, 1.165) is 29.7 Å². The summed E-state index contributed by atoms with van der Waals surface area (Å²) in [4.78, 5) is 11.3. The zero-order valence-electron chi connectivity index (χ0n) is 13.5. The minimum atomic E-state index is -0.624. The Morgan fingerprint density at radius 2 is 2.10 bits per heavy atom. The Labute approximate surface area is 127 Å². The summed E-state index contributed by atoms with van der Waals surface area (Å²) in [6.07, 6.45) is 1.22. The number of rotatable bonds is 8. The van der Waals surface area contributed by atoms with Crippen molar-refractivity contribution in [2.24, 2.45) is 0 Å². The molecule has 1 aromatic carbocycles. The summed E-state index contributed by atoms with van der Waals surface area (Å²) >= 11 is 0. The molecule has 0 saturated heterocycles. The molecule has 0 heterocycles. The lowest BCUT2D eigenvalue weighted by Crippen LogP contribution is -2.36. The predicted molar refractivity (Wildman–Crippen MR) is 84.2 cm³/mol. The van der Waals surface area contributed by atoms with Crippen LogP contribution < -0.4 is 5.32 Å². The molecule has 0 amide bonds. The van der Waals surface area contributed by atoms with Gasteiger partial charge in [0.1, 0.15) is 0 Å². The second kappa shape index (κ2) is 8.80. The number of nitrogens with one attached hydrogen (secondary N) is 1. The Hall–Kier alpha value is -1.39. The number of ether oxygens (including phenoxy) is 1. The van der Waals surface area contributed by atoms with Gasteiger partial charge in [-0.05, 0) is 44.4 Å². The molecule has 0 aliphatic heterocycles. The number of carbonyl (C=O) groups is 1. The van der Waals surface area contributed by atoms with E-state index in [-0.39, 0.29) is 12.0 Å². The lowest BCUT2D eigenvalue weighted by Gasteiger charge is -2.25. The first kappa shape index (κ1) is 17.7. The van der Waals surface area contributed by atoms with Gasteiger partial charge in [0.25, 0.3) is 0 Å². The van der Waals surface area contributed by atoms with Crippen molar-refractivity contribution in [1.29, 1.82) is 0 Å². The maximum Gasteiger partial charge on any atom is 0.305 e. The summed E-state index contributed by atoms with van der Waals surface area (Å²) < 4.78 is 4.69. The molecule has 0 aromatic heterocycles. The van der Waals surface area contributed by atoms with Gasteiger partial charge in [0, 0.05) is 12.5 Å². The number of carbonyl (C=O) groups excluding carboxylic acids is 1. The van der Waals surface area contributed by atoms with E-state index < -0.39 is 6.10 Å². The summed E-state index contributed by atoms with van der Waals surface area (Å²) in [6, 6.07) is 5.92. The molecule has 4 heteroatoms. The number of esters is 1. The Morgan fingerprint density at radius 1 is 1.38 bits per heavy atom. The topological polar surface area (TPSA) is 58.6 Å². The van der Waals surface area contributed by atoms with Crippen LogP contribution >= 0.6 is 0 Å². The van der Waals surface area contributed by atoms with Gasteiger partial charge < -0.3 is 15.2 Å². The minimum absolute atomic E-state index is 0.149. The molecule has 0 radical (unpaired) electrons. The molecule has 0 aliphatic rings. The highest BCUT2D eigenvalue weighted by Gasteiger charge is 2.22. The number of hydrogen-bond acceptors (Lipinski definition) is 4. The highest BCUT2D eigenvalue weighted by atomic mass is 16.5. The Bertz CT molecular complexity index is 459. The summed E-state index contributed by atoms with van der Waals surface area (Å²) in [7, 11) is 1.39. The van der Waals surface area contributed by atoms with Crippen molar-refractivity contribution in [3.8, 4) is 0 Å². The monoisotopic (exact) mass is 293 g/mol. The quantitative estimate of drug-likeness (QED) is 0.724. The Balaban J connectivity index is 2.84. The Morgan fingerprint density at radius 3 is 2.71 bits per heavy atom. The molecule has 1 rings (SSSR count). The second-order valence-corrected chi connectivity index (χ2v) is 5.48. The number of aliphatic hydroxyl groups is 1. The van der Waals surface area contributed by atoms with Gasteiger partial charge in [-0.3, -0.25) is 4.79 Å². The average molecular weight is 293 g/mol. The fraction of sp³-hybridized carbons (Fsp3) is 0.588. The molecule has 0 aliphatic carbocycles. The smallest absolute Gasteiger partial charge is 0.305 e. The summed E-state index contributed by atoms with van der Waals surface area (Å²) in [5.41, 5.74) is 3.11. The van der Waals surface area contributed by atoms with E-state index in [2.05, 4.69) is 17.0 Å². The van der Waals surface area contributed by atoms with E-state index in [4.69, 9.17) is 0 Å². The fourth-order valence-corrected chi connectivity index (χ4v) is 2.37. The third-order valence-corrected chi connectivity index (χ3v) is 3.68. The first-order valence-corrected chi connectivity index (χ1v) is 7.55. The number of aliphatic hydroxyl groups excluding tert-OH is 1. The van der Waals surface area contributed by atoms with Crippen LogP contribution in [0.5, 0.6) is 0 Å². The molecule has 2 unspecified atom stereocenters. The van der Waals surface area contributed by atoms with Gasteiger partial charge in [-0.1, -0.05) is 30.7 Å². The zero-order valence-corrected chi connectivity index (χ0v) is 13.5. The van der Waals surface area contributed by atoms with Gasteiger partial charge in [-0.2, -0.15) is 0 Å². The van der Waals surface area contributed by atoms with Crippen LogP contribution in [-0.4, -0.2) is 30.8 Å². The number of methoxy groups -OCH3 is 1. The highest BCUT2D eigenvalue weighted by molar-refractivity contribution is 5.69. The van der Waals surface area contributed by atoms with E-state index in [9.17, 15) is 9.90 Å². The maximum atomic E-state index is 11.3. The van der Waals surface area contributed by atoms with E-state index in [0.29, 0.717) is 12.8 Å². The van der Waals surface area contributed by atoms with Crippen LogP contribution in [-0.2, 0) is 9.53 Å². The zero-order chi connectivity index (χ0) is 15.8. The summed E-state index contributed by atoms with van der Waals surface area (Å²) in [6.45, 7) is 6.90. The van der Waals surface area contributed by atoms with Crippen LogP contribution in [0.1, 0.15) is 49.0 Å². The van der Waals surface area contributed by atoms with Crippen LogP contribution in [0, 0.1) is 13.8 Å². The van der Waals surface area contributed by atoms with Crippen molar-refractivity contribution >= 4 is 5.97 Å². The molecule has 0 fully saturated rings. The van der Waals surface area contributed by atoms with Crippen LogP contribution in [0.15, 0.2) is 18.2 Å². The van der Waals surface area contributed by atoms with Crippen LogP contribution in [0.3, 0.4) is 0 Å². The molecule has 4 nitrogen and oxygen atoms in total. The van der Waals surface area contributed by atoms with Crippen LogP contribution in [0.4, 0.5) is 0 Å². The van der Waals surface area contributed by atoms with E-state index in [1.807, 2.05) is 32.0 Å². The molecule has 0 bridgehead atoms. The van der Waals surface area contributed by atoms with Gasteiger partial charge >= 0.3 is 5.97 Å². The summed E-state index contributed by atoms with van der Waals surface area (Å²) in [5.74, 6) is -0.244. The van der Waals surface area contributed by atoms with Gasteiger partial charge in [0.2, 0.25) is 0 Å². The van der Waals surface area contributed by atoms with E-state index >= 15 is 0 Å². The number of benzene rings is 1. The molecule has 2 N–H and O–H groups in total. The summed E-state index contributed by atoms with van der Waals surface area (Å²) in [5, 5.41) is 14.0. The van der Waals surface area contributed by atoms with E-state index in [1.54, 1.807) is 0 Å². The van der Waals surface area contributed by atoms with Crippen molar-refractivity contribution in [2.75, 3.05) is 13.7 Å². The first-order chi connectivity index (χ1) is 9.99. The average Bonchev–Trinajstić information content (AvgIpc) is 2.48. The van der Waals surface area contributed by atoms with Crippen LogP contribution in [0.2, 0.25) is 0 Å². The Kier molecular flexibility index (Phi) is 7.40. The third-order valence-electron chi connectivity index (χ3n) is 3.68.